The minimum atomic E-state index is 0.496. The number of fused-ring (bicyclic) bond motifs is 1. The molecule has 0 aromatic rings. The van der Waals surface area contributed by atoms with Crippen LogP contribution in [0.15, 0.2) is 0 Å². The van der Waals surface area contributed by atoms with Crippen molar-refractivity contribution in [2.45, 2.75) is 52.5 Å². The first-order chi connectivity index (χ1) is 6.02. The van der Waals surface area contributed by atoms with E-state index >= 15 is 0 Å². The summed E-state index contributed by atoms with van der Waals surface area (Å²) in [7, 11) is 0. The Labute approximate surface area is 82.1 Å². The predicted molar refractivity (Wildman–Crippen MR) is 56.4 cm³/mol. The summed E-state index contributed by atoms with van der Waals surface area (Å²) in [6.45, 7) is 7.27. The molecule has 0 aromatic heterocycles. The summed E-state index contributed by atoms with van der Waals surface area (Å²) in [5.41, 5.74) is 6.79. The minimum Gasteiger partial charge on any atom is -0.327 e. The maximum absolute atomic E-state index is 6.23. The van der Waals surface area contributed by atoms with Crippen LogP contribution in [-0.4, -0.2) is 6.04 Å². The minimum absolute atomic E-state index is 0.496. The first kappa shape index (κ1) is 9.51. The molecule has 2 saturated carbocycles. The molecule has 0 radical (unpaired) electrons. The van der Waals surface area contributed by atoms with Crippen LogP contribution in [0.2, 0.25) is 0 Å². The zero-order valence-electron chi connectivity index (χ0n) is 9.22. The van der Waals surface area contributed by atoms with E-state index in [2.05, 4.69) is 20.8 Å². The monoisotopic (exact) mass is 181 g/mol. The van der Waals surface area contributed by atoms with E-state index in [1.54, 1.807) is 0 Å². The average molecular weight is 181 g/mol. The molecule has 76 valence electrons. The summed E-state index contributed by atoms with van der Waals surface area (Å²) in [5.74, 6) is 2.59. The zero-order chi connectivity index (χ0) is 9.64. The quantitative estimate of drug-likeness (QED) is 0.611. The number of hydrogen-bond donors (Lipinski definition) is 1. The molecular formula is C12H23N. The molecule has 13 heavy (non-hydrogen) atoms. The van der Waals surface area contributed by atoms with Crippen LogP contribution in [-0.2, 0) is 0 Å². The van der Waals surface area contributed by atoms with Crippen LogP contribution in [0.25, 0.3) is 0 Å². The van der Waals surface area contributed by atoms with Crippen molar-refractivity contribution in [3.63, 3.8) is 0 Å². The van der Waals surface area contributed by atoms with Crippen LogP contribution < -0.4 is 5.73 Å². The molecule has 0 heterocycles. The van der Waals surface area contributed by atoms with Crippen molar-refractivity contribution in [3.05, 3.63) is 0 Å². The van der Waals surface area contributed by atoms with E-state index in [1.165, 1.54) is 25.7 Å². The molecule has 0 saturated heterocycles. The Morgan fingerprint density at radius 1 is 1.23 bits per heavy atom. The third kappa shape index (κ3) is 1.41. The highest BCUT2D eigenvalue weighted by Gasteiger charge is 2.49. The molecule has 2 aliphatic carbocycles. The molecule has 0 aliphatic heterocycles. The van der Waals surface area contributed by atoms with Crippen LogP contribution in [0.1, 0.15) is 46.5 Å². The second kappa shape index (κ2) is 2.98. The lowest BCUT2D eigenvalue weighted by atomic mass is 9.69. The fourth-order valence-corrected chi connectivity index (χ4v) is 4.10. The van der Waals surface area contributed by atoms with Gasteiger partial charge >= 0.3 is 0 Å². The molecule has 1 heteroatoms. The standard InChI is InChI=1S/C12H23N/c1-8-7-12(2,3)9-5-4-6-10(13)11(8)9/h8-11H,4-7,13H2,1-3H3. The summed E-state index contributed by atoms with van der Waals surface area (Å²) < 4.78 is 0. The van der Waals surface area contributed by atoms with Gasteiger partial charge in [-0.3, -0.25) is 0 Å². The fourth-order valence-electron chi connectivity index (χ4n) is 4.10. The molecule has 2 aliphatic rings. The van der Waals surface area contributed by atoms with Gasteiger partial charge in [-0.05, 0) is 42.4 Å². The van der Waals surface area contributed by atoms with E-state index in [0.29, 0.717) is 11.5 Å². The van der Waals surface area contributed by atoms with Gasteiger partial charge in [0.25, 0.3) is 0 Å². The molecule has 0 spiro atoms. The van der Waals surface area contributed by atoms with Gasteiger partial charge in [-0.1, -0.05) is 27.2 Å². The lowest BCUT2D eigenvalue weighted by Crippen LogP contribution is -2.40. The van der Waals surface area contributed by atoms with Crippen LogP contribution >= 0.6 is 0 Å². The van der Waals surface area contributed by atoms with E-state index in [0.717, 1.165) is 17.8 Å². The Morgan fingerprint density at radius 2 is 1.92 bits per heavy atom. The Hall–Kier alpha value is -0.0400. The van der Waals surface area contributed by atoms with Gasteiger partial charge < -0.3 is 5.73 Å². The second-order valence-electron chi connectivity index (χ2n) is 5.95. The van der Waals surface area contributed by atoms with Gasteiger partial charge in [0.15, 0.2) is 0 Å². The summed E-state index contributed by atoms with van der Waals surface area (Å²) in [6.07, 6.45) is 5.44. The molecule has 0 bridgehead atoms. The predicted octanol–water partition coefficient (Wildman–Crippen LogP) is 2.80. The summed E-state index contributed by atoms with van der Waals surface area (Å²) in [4.78, 5) is 0. The van der Waals surface area contributed by atoms with Gasteiger partial charge in [0.2, 0.25) is 0 Å². The first-order valence-electron chi connectivity index (χ1n) is 5.78. The van der Waals surface area contributed by atoms with E-state index in [4.69, 9.17) is 5.73 Å². The largest absolute Gasteiger partial charge is 0.327 e. The molecular weight excluding hydrogens is 158 g/mol. The summed E-state index contributed by atoms with van der Waals surface area (Å²) in [5, 5.41) is 0. The van der Waals surface area contributed by atoms with Crippen molar-refractivity contribution >= 4 is 0 Å². The lowest BCUT2D eigenvalue weighted by molar-refractivity contribution is 0.138. The van der Waals surface area contributed by atoms with Crippen molar-refractivity contribution in [1.29, 1.82) is 0 Å². The average Bonchev–Trinajstić information content (AvgIpc) is 2.24. The molecule has 1 nitrogen and oxygen atoms in total. The SMILES string of the molecule is CC1CC(C)(C)C2CCCC(N)C12. The summed E-state index contributed by atoms with van der Waals surface area (Å²) in [6, 6.07) is 0.496. The van der Waals surface area contributed by atoms with Crippen molar-refractivity contribution in [1.82, 2.24) is 0 Å². The topological polar surface area (TPSA) is 26.0 Å². The number of rotatable bonds is 0. The highest BCUT2D eigenvalue weighted by Crippen LogP contribution is 2.55. The second-order valence-corrected chi connectivity index (χ2v) is 5.95. The van der Waals surface area contributed by atoms with E-state index in [9.17, 15) is 0 Å². The van der Waals surface area contributed by atoms with Gasteiger partial charge in [0.05, 0.1) is 0 Å². The third-order valence-corrected chi connectivity index (χ3v) is 4.52. The molecule has 0 aromatic carbocycles. The van der Waals surface area contributed by atoms with Crippen LogP contribution in [0.4, 0.5) is 0 Å². The summed E-state index contributed by atoms with van der Waals surface area (Å²) >= 11 is 0. The van der Waals surface area contributed by atoms with Crippen molar-refractivity contribution in [2.75, 3.05) is 0 Å². The Morgan fingerprint density at radius 3 is 2.54 bits per heavy atom. The normalized spacial score (nSPS) is 48.9. The fraction of sp³-hybridized carbons (Fsp3) is 1.00. The Kier molecular flexibility index (Phi) is 2.18. The van der Waals surface area contributed by atoms with Gasteiger partial charge in [-0.2, -0.15) is 0 Å². The van der Waals surface area contributed by atoms with E-state index < -0.39 is 0 Å². The highest BCUT2D eigenvalue weighted by molar-refractivity contribution is 5.00. The van der Waals surface area contributed by atoms with Gasteiger partial charge in [-0.15, -0.1) is 0 Å². The van der Waals surface area contributed by atoms with Crippen LogP contribution in [0.5, 0.6) is 0 Å². The Balaban J connectivity index is 2.21. The van der Waals surface area contributed by atoms with Crippen molar-refractivity contribution in [2.24, 2.45) is 28.9 Å². The van der Waals surface area contributed by atoms with Gasteiger partial charge in [0, 0.05) is 6.04 Å². The molecule has 4 atom stereocenters. The number of hydrogen-bond acceptors (Lipinski definition) is 1. The van der Waals surface area contributed by atoms with Crippen molar-refractivity contribution < 1.29 is 0 Å². The van der Waals surface area contributed by atoms with Crippen LogP contribution in [0.3, 0.4) is 0 Å². The molecule has 2 N–H and O–H groups in total. The maximum Gasteiger partial charge on any atom is 0.00725 e. The van der Waals surface area contributed by atoms with Gasteiger partial charge in [-0.25, -0.2) is 0 Å². The molecule has 2 rings (SSSR count). The number of nitrogens with two attached hydrogens (primary N) is 1. The Bertz CT molecular complexity index is 197. The lowest BCUT2D eigenvalue weighted by Gasteiger charge is -2.38. The van der Waals surface area contributed by atoms with Gasteiger partial charge in [0.1, 0.15) is 0 Å². The van der Waals surface area contributed by atoms with E-state index in [-0.39, 0.29) is 0 Å². The van der Waals surface area contributed by atoms with E-state index in [1.807, 2.05) is 0 Å². The third-order valence-electron chi connectivity index (χ3n) is 4.52. The molecule has 0 amide bonds. The zero-order valence-corrected chi connectivity index (χ0v) is 9.22. The van der Waals surface area contributed by atoms with Crippen LogP contribution in [0, 0.1) is 23.2 Å². The highest BCUT2D eigenvalue weighted by atomic mass is 14.7. The smallest absolute Gasteiger partial charge is 0.00725 e. The molecule has 2 fully saturated rings. The van der Waals surface area contributed by atoms with Crippen molar-refractivity contribution in [3.8, 4) is 0 Å². The first-order valence-corrected chi connectivity index (χ1v) is 5.78. The maximum atomic E-state index is 6.23. The molecule has 4 unspecified atom stereocenters.